The van der Waals surface area contributed by atoms with Gasteiger partial charge in [-0.25, -0.2) is 9.59 Å². The molecule has 4 heteroatoms. The number of carbonyl (C=O) groups is 2. The van der Waals surface area contributed by atoms with E-state index in [9.17, 15) is 9.59 Å². The molecule has 186 valence electrons. The summed E-state index contributed by atoms with van der Waals surface area (Å²) in [5.74, 6) is -0.964. The minimum Gasteiger partial charge on any atom is -0.462 e. The van der Waals surface area contributed by atoms with E-state index < -0.39 is 11.9 Å². The van der Waals surface area contributed by atoms with E-state index in [0.29, 0.717) is 18.8 Å². The number of esters is 2. The van der Waals surface area contributed by atoms with Gasteiger partial charge in [0.15, 0.2) is 0 Å². The van der Waals surface area contributed by atoms with E-state index in [4.69, 9.17) is 9.47 Å². The fourth-order valence-electron chi connectivity index (χ4n) is 4.39. The Kier molecular flexibility index (Phi) is 10.3. The zero-order valence-corrected chi connectivity index (χ0v) is 21.9. The molecular weight excluding hydrogens is 424 g/mol. The van der Waals surface area contributed by atoms with Gasteiger partial charge < -0.3 is 9.47 Å². The van der Waals surface area contributed by atoms with Crippen LogP contribution in [0.5, 0.6) is 0 Å². The van der Waals surface area contributed by atoms with Gasteiger partial charge in [-0.1, -0.05) is 96.8 Å². The standard InChI is InChI=1S/C30H42O4/c1-7-17-29(3,4)19-21-33-27(31)25-16-12-15-24(23-13-10-9-11-14-23)26(25)28(32)34-22-20-30(5,6)18-8-2/h9-16H,7-8,17-22H2,1-6H3. The summed E-state index contributed by atoms with van der Waals surface area (Å²) in [6.45, 7) is 13.7. The van der Waals surface area contributed by atoms with Crippen LogP contribution in [0, 0.1) is 10.8 Å². The van der Waals surface area contributed by atoms with Gasteiger partial charge in [0, 0.05) is 0 Å². The number of carbonyl (C=O) groups excluding carboxylic acids is 2. The third-order valence-electron chi connectivity index (χ3n) is 6.45. The quantitative estimate of drug-likeness (QED) is 0.280. The molecule has 2 aromatic rings. The highest BCUT2D eigenvalue weighted by atomic mass is 16.5. The summed E-state index contributed by atoms with van der Waals surface area (Å²) in [5.41, 5.74) is 2.28. The van der Waals surface area contributed by atoms with E-state index in [-0.39, 0.29) is 22.0 Å². The molecule has 0 unspecified atom stereocenters. The Labute approximate surface area is 206 Å². The molecule has 0 atom stereocenters. The minimum absolute atomic E-state index is 0.0982. The Balaban J connectivity index is 2.27. The van der Waals surface area contributed by atoms with Gasteiger partial charge in [-0.15, -0.1) is 0 Å². The van der Waals surface area contributed by atoms with Crippen LogP contribution in [-0.4, -0.2) is 25.2 Å². The summed E-state index contributed by atoms with van der Waals surface area (Å²) in [7, 11) is 0. The van der Waals surface area contributed by atoms with Crippen molar-refractivity contribution in [1.82, 2.24) is 0 Å². The van der Waals surface area contributed by atoms with Crippen molar-refractivity contribution in [3.05, 3.63) is 59.7 Å². The van der Waals surface area contributed by atoms with Gasteiger partial charge in [-0.05, 0) is 53.7 Å². The van der Waals surface area contributed by atoms with Gasteiger partial charge in [0.05, 0.1) is 24.3 Å². The molecule has 0 bridgehead atoms. The molecule has 34 heavy (non-hydrogen) atoms. The molecule has 0 radical (unpaired) electrons. The van der Waals surface area contributed by atoms with Crippen molar-refractivity contribution >= 4 is 11.9 Å². The van der Waals surface area contributed by atoms with Crippen LogP contribution < -0.4 is 0 Å². The molecule has 0 aliphatic rings. The number of rotatable bonds is 13. The second kappa shape index (κ2) is 12.7. The highest BCUT2D eigenvalue weighted by Gasteiger charge is 2.26. The van der Waals surface area contributed by atoms with E-state index in [0.717, 1.165) is 44.1 Å². The summed E-state index contributed by atoms with van der Waals surface area (Å²) in [6, 6.07) is 14.9. The second-order valence-electron chi connectivity index (χ2n) is 10.7. The van der Waals surface area contributed by atoms with Gasteiger partial charge in [-0.3, -0.25) is 0 Å². The van der Waals surface area contributed by atoms with Crippen LogP contribution in [0.1, 0.15) is 101 Å². The Morgan fingerprint density at radius 3 is 1.74 bits per heavy atom. The second-order valence-corrected chi connectivity index (χ2v) is 10.7. The van der Waals surface area contributed by atoms with Gasteiger partial charge in [0.1, 0.15) is 0 Å². The van der Waals surface area contributed by atoms with Crippen LogP contribution in [0.25, 0.3) is 11.1 Å². The van der Waals surface area contributed by atoms with Gasteiger partial charge in [0.25, 0.3) is 0 Å². The van der Waals surface area contributed by atoms with E-state index >= 15 is 0 Å². The average molecular weight is 467 g/mol. The van der Waals surface area contributed by atoms with Gasteiger partial charge in [0.2, 0.25) is 0 Å². The van der Waals surface area contributed by atoms with Crippen LogP contribution in [0.15, 0.2) is 48.5 Å². The number of hydrogen-bond donors (Lipinski definition) is 0. The van der Waals surface area contributed by atoms with Crippen LogP contribution in [0.4, 0.5) is 0 Å². The fraction of sp³-hybridized carbons (Fsp3) is 0.533. The first kappa shape index (κ1) is 27.6. The zero-order chi connectivity index (χ0) is 25.2. The largest absolute Gasteiger partial charge is 0.462 e. The molecule has 0 saturated heterocycles. The molecule has 4 nitrogen and oxygen atoms in total. The lowest BCUT2D eigenvalue weighted by Crippen LogP contribution is -2.20. The molecule has 0 N–H and O–H groups in total. The molecule has 0 aliphatic carbocycles. The van der Waals surface area contributed by atoms with Crippen molar-refractivity contribution in [3.63, 3.8) is 0 Å². The van der Waals surface area contributed by atoms with Crippen LogP contribution in [0.3, 0.4) is 0 Å². The minimum atomic E-state index is -0.483. The maximum Gasteiger partial charge on any atom is 0.339 e. The molecular formula is C30H42O4. The lowest BCUT2D eigenvalue weighted by molar-refractivity contribution is 0.0406. The maximum absolute atomic E-state index is 13.3. The van der Waals surface area contributed by atoms with Gasteiger partial charge in [-0.2, -0.15) is 0 Å². The van der Waals surface area contributed by atoms with Crippen LogP contribution in [0.2, 0.25) is 0 Å². The highest BCUT2D eigenvalue weighted by molar-refractivity contribution is 6.07. The van der Waals surface area contributed by atoms with Crippen molar-refractivity contribution in [2.24, 2.45) is 10.8 Å². The Morgan fingerprint density at radius 2 is 1.21 bits per heavy atom. The molecule has 2 rings (SSSR count). The predicted molar refractivity (Wildman–Crippen MR) is 139 cm³/mol. The smallest absolute Gasteiger partial charge is 0.339 e. The maximum atomic E-state index is 13.3. The van der Waals surface area contributed by atoms with Crippen LogP contribution in [-0.2, 0) is 9.47 Å². The molecule has 0 saturated carbocycles. The molecule has 0 aromatic heterocycles. The molecule has 0 heterocycles. The third-order valence-corrected chi connectivity index (χ3v) is 6.45. The highest BCUT2D eigenvalue weighted by Crippen LogP contribution is 2.30. The molecule has 0 amide bonds. The summed E-state index contributed by atoms with van der Waals surface area (Å²) in [5, 5.41) is 0. The SMILES string of the molecule is CCCC(C)(C)CCOC(=O)c1cccc(-c2ccccc2)c1C(=O)OCCC(C)(C)CCC. The molecule has 0 aliphatic heterocycles. The van der Waals surface area contributed by atoms with E-state index in [1.54, 1.807) is 12.1 Å². The molecule has 0 fully saturated rings. The van der Waals surface area contributed by atoms with Crippen molar-refractivity contribution in [1.29, 1.82) is 0 Å². The normalized spacial score (nSPS) is 11.8. The topological polar surface area (TPSA) is 52.6 Å². The lowest BCUT2D eigenvalue weighted by Gasteiger charge is -2.24. The van der Waals surface area contributed by atoms with Crippen molar-refractivity contribution in [2.75, 3.05) is 13.2 Å². The summed E-state index contributed by atoms with van der Waals surface area (Å²) < 4.78 is 11.3. The van der Waals surface area contributed by atoms with E-state index in [1.807, 2.05) is 36.4 Å². The number of ether oxygens (including phenoxy) is 2. The van der Waals surface area contributed by atoms with E-state index in [1.165, 1.54) is 0 Å². The lowest BCUT2D eigenvalue weighted by atomic mass is 9.85. The van der Waals surface area contributed by atoms with Crippen molar-refractivity contribution < 1.29 is 19.1 Å². The zero-order valence-electron chi connectivity index (χ0n) is 21.9. The molecule has 2 aromatic carbocycles. The first-order valence-electron chi connectivity index (χ1n) is 12.6. The summed E-state index contributed by atoms with van der Waals surface area (Å²) in [4.78, 5) is 26.4. The van der Waals surface area contributed by atoms with Crippen LogP contribution >= 0.6 is 0 Å². The predicted octanol–water partition coefficient (Wildman–Crippen LogP) is 8.10. The first-order valence-corrected chi connectivity index (χ1v) is 12.6. The monoisotopic (exact) mass is 466 g/mol. The summed E-state index contributed by atoms with van der Waals surface area (Å²) >= 11 is 0. The Bertz CT molecular complexity index is 928. The Morgan fingerprint density at radius 1 is 0.676 bits per heavy atom. The Hall–Kier alpha value is -2.62. The van der Waals surface area contributed by atoms with E-state index in [2.05, 4.69) is 41.5 Å². The van der Waals surface area contributed by atoms with Crippen molar-refractivity contribution in [3.8, 4) is 11.1 Å². The van der Waals surface area contributed by atoms with Crippen molar-refractivity contribution in [2.45, 2.75) is 80.1 Å². The number of benzene rings is 2. The third kappa shape index (κ3) is 8.30. The fourth-order valence-corrected chi connectivity index (χ4v) is 4.39. The molecule has 0 spiro atoms. The summed E-state index contributed by atoms with van der Waals surface area (Å²) in [6.07, 6.45) is 5.86. The van der Waals surface area contributed by atoms with Gasteiger partial charge >= 0.3 is 11.9 Å². The average Bonchev–Trinajstić information content (AvgIpc) is 2.78. The number of hydrogen-bond acceptors (Lipinski definition) is 4. The first-order chi connectivity index (χ1) is 16.1.